The van der Waals surface area contributed by atoms with Crippen molar-refractivity contribution in [3.8, 4) is 6.07 Å². The first-order valence-corrected chi connectivity index (χ1v) is 15.2. The number of piperazine rings is 1. The van der Waals surface area contributed by atoms with Crippen LogP contribution in [0, 0.1) is 11.3 Å². The van der Waals surface area contributed by atoms with Gasteiger partial charge in [0.15, 0.2) is 11.5 Å². The number of nitriles is 1. The molecule has 5 rings (SSSR count). The number of nitrogens with zero attached hydrogens (tertiary/aromatic N) is 8. The minimum atomic E-state index is -0.720. The Labute approximate surface area is 263 Å². The molecular weight excluding hydrogens is 578 g/mol. The number of likely N-dealkylation sites (N-methyl/N-ethyl adjacent to an activating group) is 1. The van der Waals surface area contributed by atoms with Gasteiger partial charge < -0.3 is 39.3 Å². The summed E-state index contributed by atoms with van der Waals surface area (Å²) >= 11 is 0. The lowest BCUT2D eigenvalue weighted by Crippen LogP contribution is -2.50. The van der Waals surface area contributed by atoms with Crippen LogP contribution in [0.2, 0.25) is 0 Å². The van der Waals surface area contributed by atoms with Crippen LogP contribution < -0.4 is 15.1 Å². The Morgan fingerprint density at radius 1 is 1.00 bits per heavy atom. The molecule has 4 heterocycles. The first-order chi connectivity index (χ1) is 21.5. The molecule has 2 aromatic rings. The lowest BCUT2D eigenvalue weighted by Gasteiger charge is -2.37. The minimum absolute atomic E-state index is 0.000532. The van der Waals surface area contributed by atoms with E-state index < -0.39 is 11.6 Å². The SMILES string of the molecule is COC(=O)c1c(C#N)nc(N2CCC[C@@H](N3CCN(C)C3=O)C2)nc1Nc1ccc(N2CCN(C(=O)OC(C)(C)C)CC2)cc1. The molecule has 3 amide bonds. The maximum Gasteiger partial charge on any atom is 0.410 e. The van der Waals surface area contributed by atoms with Gasteiger partial charge in [-0.2, -0.15) is 10.2 Å². The molecule has 14 nitrogen and oxygen atoms in total. The van der Waals surface area contributed by atoms with Gasteiger partial charge in [-0.3, -0.25) is 0 Å². The van der Waals surface area contributed by atoms with E-state index in [1.54, 1.807) is 16.8 Å². The minimum Gasteiger partial charge on any atom is -0.465 e. The van der Waals surface area contributed by atoms with Crippen LogP contribution in [0.1, 0.15) is 49.7 Å². The van der Waals surface area contributed by atoms with E-state index in [0.717, 1.165) is 18.5 Å². The molecule has 3 aliphatic heterocycles. The van der Waals surface area contributed by atoms with Gasteiger partial charge >= 0.3 is 18.1 Å². The zero-order valence-corrected chi connectivity index (χ0v) is 26.6. The van der Waals surface area contributed by atoms with Crippen molar-refractivity contribution in [1.29, 1.82) is 5.26 Å². The molecule has 0 aliphatic carbocycles. The molecule has 1 N–H and O–H groups in total. The second-order valence-corrected chi connectivity index (χ2v) is 12.5. The van der Waals surface area contributed by atoms with Crippen molar-refractivity contribution in [2.45, 2.75) is 45.3 Å². The zero-order valence-electron chi connectivity index (χ0n) is 26.6. The third kappa shape index (κ3) is 7.13. The third-order valence-corrected chi connectivity index (χ3v) is 8.19. The molecule has 45 heavy (non-hydrogen) atoms. The Hall–Kier alpha value is -4.80. The van der Waals surface area contributed by atoms with Crippen LogP contribution in [0.15, 0.2) is 24.3 Å². The summed E-state index contributed by atoms with van der Waals surface area (Å²) in [6.07, 6.45) is 1.40. The topological polar surface area (TPSA) is 147 Å². The first-order valence-electron chi connectivity index (χ1n) is 15.2. The Morgan fingerprint density at radius 3 is 2.31 bits per heavy atom. The van der Waals surface area contributed by atoms with Gasteiger partial charge in [0.1, 0.15) is 17.2 Å². The summed E-state index contributed by atoms with van der Waals surface area (Å²) in [7, 11) is 3.05. The summed E-state index contributed by atoms with van der Waals surface area (Å²) in [6.45, 7) is 10.5. The number of esters is 1. The molecule has 0 bridgehead atoms. The molecule has 1 atom stereocenters. The van der Waals surface area contributed by atoms with Crippen LogP contribution in [0.3, 0.4) is 0 Å². The van der Waals surface area contributed by atoms with Crippen LogP contribution in [-0.2, 0) is 9.47 Å². The van der Waals surface area contributed by atoms with E-state index in [1.165, 1.54) is 7.11 Å². The highest BCUT2D eigenvalue weighted by Gasteiger charge is 2.35. The number of methoxy groups -OCH3 is 1. The molecule has 240 valence electrons. The molecule has 0 spiro atoms. The van der Waals surface area contributed by atoms with Gasteiger partial charge in [-0.15, -0.1) is 0 Å². The standard InChI is InChI=1S/C31H41N9O5/c1-31(2,3)45-30(43)38-16-14-37(15-17-38)22-10-8-21(9-11-22)33-26-25(27(41)44-5)24(19-32)34-28(35-26)39-12-6-7-23(20-39)40-18-13-36(4)29(40)42/h8-11,23H,6-7,12-18,20H2,1-5H3,(H,33,34,35)/t23-/m1/s1. The Kier molecular flexibility index (Phi) is 9.17. The van der Waals surface area contributed by atoms with Gasteiger partial charge in [0.25, 0.3) is 0 Å². The van der Waals surface area contributed by atoms with Crippen molar-refractivity contribution in [3.05, 3.63) is 35.5 Å². The lowest BCUT2D eigenvalue weighted by atomic mass is 10.0. The van der Waals surface area contributed by atoms with Crippen LogP contribution in [0.5, 0.6) is 0 Å². The van der Waals surface area contributed by atoms with Crippen LogP contribution in [-0.4, -0.2) is 121 Å². The predicted molar refractivity (Wildman–Crippen MR) is 168 cm³/mol. The molecule has 3 aliphatic rings. The predicted octanol–water partition coefficient (Wildman–Crippen LogP) is 3.27. The molecule has 14 heteroatoms. The fourth-order valence-electron chi connectivity index (χ4n) is 5.82. The number of ether oxygens (including phenoxy) is 2. The summed E-state index contributed by atoms with van der Waals surface area (Å²) in [5.74, 6) is -0.241. The highest BCUT2D eigenvalue weighted by molar-refractivity contribution is 5.97. The Balaban J connectivity index is 1.32. The molecular formula is C31H41N9O5. The van der Waals surface area contributed by atoms with Gasteiger partial charge in [0.2, 0.25) is 5.95 Å². The Morgan fingerprint density at radius 2 is 1.71 bits per heavy atom. The van der Waals surface area contributed by atoms with Crippen molar-refractivity contribution >= 4 is 41.2 Å². The van der Waals surface area contributed by atoms with Gasteiger partial charge in [-0.25, -0.2) is 19.4 Å². The number of piperidine rings is 1. The van der Waals surface area contributed by atoms with Crippen LogP contribution >= 0.6 is 0 Å². The molecule has 0 unspecified atom stereocenters. The number of anilines is 4. The number of rotatable bonds is 6. The fraction of sp³-hybridized carbons (Fsp3) is 0.548. The second-order valence-electron chi connectivity index (χ2n) is 12.5. The van der Waals surface area contributed by atoms with E-state index in [2.05, 4.69) is 15.2 Å². The van der Waals surface area contributed by atoms with Crippen molar-refractivity contribution in [1.82, 2.24) is 24.7 Å². The average Bonchev–Trinajstić information content (AvgIpc) is 3.37. The van der Waals surface area contributed by atoms with Crippen LogP contribution in [0.4, 0.5) is 32.7 Å². The van der Waals surface area contributed by atoms with E-state index in [1.807, 2.05) is 60.9 Å². The lowest BCUT2D eigenvalue weighted by molar-refractivity contribution is 0.0240. The third-order valence-electron chi connectivity index (χ3n) is 8.19. The zero-order chi connectivity index (χ0) is 32.3. The van der Waals surface area contributed by atoms with E-state index in [-0.39, 0.29) is 35.2 Å². The highest BCUT2D eigenvalue weighted by atomic mass is 16.6. The van der Waals surface area contributed by atoms with Gasteiger partial charge in [-0.1, -0.05) is 0 Å². The van der Waals surface area contributed by atoms with E-state index >= 15 is 0 Å². The summed E-state index contributed by atoms with van der Waals surface area (Å²) in [6, 6.07) is 9.70. The maximum atomic E-state index is 12.8. The number of aromatic nitrogens is 2. The van der Waals surface area contributed by atoms with Gasteiger partial charge in [0.05, 0.1) is 13.2 Å². The van der Waals surface area contributed by atoms with E-state index in [0.29, 0.717) is 64.0 Å². The quantitative estimate of drug-likeness (QED) is 0.475. The number of carbonyl (C=O) groups is 3. The largest absolute Gasteiger partial charge is 0.465 e. The molecule has 1 aromatic heterocycles. The number of urea groups is 1. The summed E-state index contributed by atoms with van der Waals surface area (Å²) in [5.41, 5.74) is 0.973. The summed E-state index contributed by atoms with van der Waals surface area (Å²) < 4.78 is 10.5. The van der Waals surface area contributed by atoms with Crippen molar-refractivity contribution in [3.63, 3.8) is 0 Å². The molecule has 0 saturated carbocycles. The normalized spacial score (nSPS) is 19.0. The summed E-state index contributed by atoms with van der Waals surface area (Å²) in [5, 5.41) is 13.2. The summed E-state index contributed by atoms with van der Waals surface area (Å²) in [4.78, 5) is 56.5. The second kappa shape index (κ2) is 13.1. The number of benzene rings is 1. The molecule has 1 aromatic carbocycles. The molecule has 0 radical (unpaired) electrons. The van der Waals surface area contributed by atoms with Crippen LogP contribution in [0.25, 0.3) is 0 Å². The average molecular weight is 620 g/mol. The Bertz CT molecular complexity index is 1460. The number of amides is 3. The number of hydrogen-bond donors (Lipinski definition) is 1. The van der Waals surface area contributed by atoms with Crippen molar-refractivity contribution < 1.29 is 23.9 Å². The fourth-order valence-corrected chi connectivity index (χ4v) is 5.82. The number of hydrogen-bond acceptors (Lipinski definition) is 11. The molecule has 3 fully saturated rings. The first kappa shape index (κ1) is 31.6. The van der Waals surface area contributed by atoms with Crippen molar-refractivity contribution in [2.75, 3.05) is 81.6 Å². The maximum absolute atomic E-state index is 12.8. The van der Waals surface area contributed by atoms with Crippen molar-refractivity contribution in [2.24, 2.45) is 0 Å². The van der Waals surface area contributed by atoms with E-state index in [4.69, 9.17) is 14.5 Å². The van der Waals surface area contributed by atoms with Gasteiger partial charge in [0, 0.05) is 70.8 Å². The van der Waals surface area contributed by atoms with E-state index in [9.17, 15) is 19.6 Å². The monoisotopic (exact) mass is 619 g/mol. The van der Waals surface area contributed by atoms with Gasteiger partial charge in [-0.05, 0) is 57.9 Å². The smallest absolute Gasteiger partial charge is 0.410 e. The highest BCUT2D eigenvalue weighted by Crippen LogP contribution is 2.29. The number of nitrogens with one attached hydrogen (secondary N) is 1. The molecule has 3 saturated heterocycles. The number of carbonyl (C=O) groups excluding carboxylic acids is 3.